The summed E-state index contributed by atoms with van der Waals surface area (Å²) in [5.74, 6) is -1.07. The fourth-order valence-corrected chi connectivity index (χ4v) is 1.77. The zero-order chi connectivity index (χ0) is 13.7. The molecule has 0 radical (unpaired) electrons. The maximum absolute atomic E-state index is 11.6. The lowest BCUT2D eigenvalue weighted by Crippen LogP contribution is -2.42. The molecule has 1 rings (SSSR count). The zero-order valence-electron chi connectivity index (χ0n) is 9.54. The average Bonchev–Trinajstić information content (AvgIpc) is 2.30. The molecule has 0 saturated heterocycles. The van der Waals surface area contributed by atoms with Crippen LogP contribution in [0.25, 0.3) is 0 Å². The molecular weight excluding hydrogens is 323 g/mol. The van der Waals surface area contributed by atoms with Gasteiger partial charge in [0.2, 0.25) is 0 Å². The van der Waals surface area contributed by atoms with Crippen LogP contribution in [0.5, 0.6) is 0 Å². The highest BCUT2D eigenvalue weighted by Gasteiger charge is 2.17. The van der Waals surface area contributed by atoms with Crippen molar-refractivity contribution < 1.29 is 14.7 Å². The minimum atomic E-state index is -1.07. The van der Waals surface area contributed by atoms with Crippen molar-refractivity contribution in [3.63, 3.8) is 0 Å². The molecule has 2 amide bonds. The molecule has 0 saturated carbocycles. The normalized spacial score (nSPS) is 11.7. The van der Waals surface area contributed by atoms with Crippen molar-refractivity contribution in [2.45, 2.75) is 19.4 Å². The highest BCUT2D eigenvalue weighted by Crippen LogP contribution is 2.25. The van der Waals surface area contributed by atoms with Gasteiger partial charge in [-0.1, -0.05) is 18.5 Å². The quantitative estimate of drug-likeness (QED) is 0.791. The Morgan fingerprint density at radius 3 is 2.72 bits per heavy atom. The van der Waals surface area contributed by atoms with Crippen LogP contribution in [0, 0.1) is 0 Å². The van der Waals surface area contributed by atoms with E-state index in [0.717, 1.165) is 0 Å². The third kappa shape index (κ3) is 4.19. The van der Waals surface area contributed by atoms with Crippen LogP contribution < -0.4 is 10.6 Å². The Hall–Kier alpha value is -1.27. The Labute approximate surface area is 118 Å². The lowest BCUT2D eigenvalue weighted by Gasteiger charge is -2.14. The van der Waals surface area contributed by atoms with Crippen LogP contribution in [0.1, 0.15) is 13.3 Å². The summed E-state index contributed by atoms with van der Waals surface area (Å²) < 4.78 is 0.658. The Morgan fingerprint density at radius 1 is 1.50 bits per heavy atom. The van der Waals surface area contributed by atoms with Crippen LogP contribution in [-0.4, -0.2) is 23.1 Å². The number of rotatable bonds is 4. The van der Waals surface area contributed by atoms with Gasteiger partial charge in [-0.05, 0) is 40.5 Å². The minimum Gasteiger partial charge on any atom is -0.480 e. The standard InChI is InChI=1S/C11H12BrClN2O3/c1-2-8(10(16)17)14-11(18)15-9-5-6(13)3-4-7(9)12/h3-5,8H,2H2,1H3,(H,16,17)(H2,14,15,18)/t8-/m1/s1. The first-order valence-corrected chi connectivity index (χ1v) is 6.36. The first kappa shape index (κ1) is 14.8. The number of carboxylic acids is 1. The summed E-state index contributed by atoms with van der Waals surface area (Å²) in [7, 11) is 0. The molecule has 0 aliphatic carbocycles. The number of nitrogens with one attached hydrogen (secondary N) is 2. The van der Waals surface area contributed by atoms with Crippen LogP contribution in [0.2, 0.25) is 5.02 Å². The molecular formula is C11H12BrClN2O3. The van der Waals surface area contributed by atoms with Gasteiger partial charge in [0.15, 0.2) is 0 Å². The number of halogens is 2. The van der Waals surface area contributed by atoms with E-state index in [1.165, 1.54) is 0 Å². The molecule has 7 heteroatoms. The number of carboxylic acid groups (broad SMARTS) is 1. The van der Waals surface area contributed by atoms with Crippen molar-refractivity contribution in [1.82, 2.24) is 5.32 Å². The second-order valence-electron chi connectivity index (χ2n) is 3.52. The largest absolute Gasteiger partial charge is 0.480 e. The van der Waals surface area contributed by atoms with Gasteiger partial charge in [-0.15, -0.1) is 0 Å². The van der Waals surface area contributed by atoms with E-state index < -0.39 is 18.0 Å². The summed E-state index contributed by atoms with van der Waals surface area (Å²) in [6.45, 7) is 1.67. The fourth-order valence-electron chi connectivity index (χ4n) is 1.25. The van der Waals surface area contributed by atoms with Gasteiger partial charge in [0.25, 0.3) is 0 Å². The Bertz CT molecular complexity index is 468. The van der Waals surface area contributed by atoms with Crippen LogP contribution >= 0.6 is 27.5 Å². The summed E-state index contributed by atoms with van der Waals surface area (Å²) >= 11 is 9.05. The van der Waals surface area contributed by atoms with E-state index in [2.05, 4.69) is 26.6 Å². The van der Waals surface area contributed by atoms with Gasteiger partial charge in [0.1, 0.15) is 6.04 Å². The first-order valence-electron chi connectivity index (χ1n) is 5.19. The number of carbonyl (C=O) groups is 2. The smallest absolute Gasteiger partial charge is 0.326 e. The lowest BCUT2D eigenvalue weighted by molar-refractivity contribution is -0.139. The molecule has 5 nitrogen and oxygen atoms in total. The van der Waals surface area contributed by atoms with Crippen molar-refractivity contribution in [2.24, 2.45) is 0 Å². The van der Waals surface area contributed by atoms with E-state index in [1.807, 2.05) is 0 Å². The third-order valence-corrected chi connectivity index (χ3v) is 3.11. The summed E-state index contributed by atoms with van der Waals surface area (Å²) in [4.78, 5) is 22.4. The summed E-state index contributed by atoms with van der Waals surface area (Å²) in [5, 5.41) is 14.2. The second kappa shape index (κ2) is 6.61. The van der Waals surface area contributed by atoms with E-state index in [0.29, 0.717) is 21.6 Å². The van der Waals surface area contributed by atoms with E-state index in [-0.39, 0.29) is 0 Å². The molecule has 3 N–H and O–H groups in total. The van der Waals surface area contributed by atoms with Gasteiger partial charge in [-0.25, -0.2) is 9.59 Å². The average molecular weight is 336 g/mol. The number of urea groups is 1. The van der Waals surface area contributed by atoms with Gasteiger partial charge in [-0.2, -0.15) is 0 Å². The van der Waals surface area contributed by atoms with E-state index >= 15 is 0 Å². The van der Waals surface area contributed by atoms with Gasteiger partial charge < -0.3 is 15.7 Å². The molecule has 0 spiro atoms. The Kier molecular flexibility index (Phi) is 5.43. The van der Waals surface area contributed by atoms with E-state index in [4.69, 9.17) is 16.7 Å². The van der Waals surface area contributed by atoms with Gasteiger partial charge in [-0.3, -0.25) is 0 Å². The van der Waals surface area contributed by atoms with Gasteiger partial charge >= 0.3 is 12.0 Å². The topological polar surface area (TPSA) is 78.4 Å². The fraction of sp³-hybridized carbons (Fsp3) is 0.273. The molecule has 0 aliphatic heterocycles. The molecule has 1 aromatic rings. The number of anilines is 1. The van der Waals surface area contributed by atoms with Crippen LogP contribution in [0.15, 0.2) is 22.7 Å². The predicted octanol–water partition coefficient (Wildman–Crippen LogP) is 3.09. The van der Waals surface area contributed by atoms with Crippen molar-refractivity contribution in [3.05, 3.63) is 27.7 Å². The van der Waals surface area contributed by atoms with Crippen molar-refractivity contribution in [2.75, 3.05) is 5.32 Å². The zero-order valence-corrected chi connectivity index (χ0v) is 11.9. The van der Waals surface area contributed by atoms with Gasteiger partial charge in [0, 0.05) is 9.50 Å². The maximum atomic E-state index is 11.6. The predicted molar refractivity (Wildman–Crippen MR) is 73.0 cm³/mol. The molecule has 18 heavy (non-hydrogen) atoms. The van der Waals surface area contributed by atoms with Crippen molar-refractivity contribution in [1.29, 1.82) is 0 Å². The minimum absolute atomic E-state index is 0.305. The van der Waals surface area contributed by atoms with E-state index in [1.54, 1.807) is 25.1 Å². The molecule has 0 bridgehead atoms. The first-order chi connectivity index (χ1) is 8.43. The molecule has 1 aromatic carbocycles. The van der Waals surface area contributed by atoms with Crippen molar-refractivity contribution >= 4 is 45.2 Å². The Morgan fingerprint density at radius 2 is 2.17 bits per heavy atom. The van der Waals surface area contributed by atoms with Crippen LogP contribution in [0.4, 0.5) is 10.5 Å². The van der Waals surface area contributed by atoms with Crippen LogP contribution in [-0.2, 0) is 4.79 Å². The van der Waals surface area contributed by atoms with E-state index in [9.17, 15) is 9.59 Å². The maximum Gasteiger partial charge on any atom is 0.326 e. The highest BCUT2D eigenvalue weighted by molar-refractivity contribution is 9.10. The molecule has 0 unspecified atom stereocenters. The van der Waals surface area contributed by atoms with Crippen LogP contribution in [0.3, 0.4) is 0 Å². The summed E-state index contributed by atoms with van der Waals surface area (Å²) in [5.41, 5.74) is 0.472. The number of amides is 2. The van der Waals surface area contributed by atoms with Gasteiger partial charge in [0.05, 0.1) is 5.69 Å². The molecule has 0 fully saturated rings. The molecule has 0 heterocycles. The van der Waals surface area contributed by atoms with Crippen molar-refractivity contribution in [3.8, 4) is 0 Å². The molecule has 1 atom stereocenters. The molecule has 98 valence electrons. The molecule has 0 aromatic heterocycles. The number of carbonyl (C=O) groups excluding carboxylic acids is 1. The highest BCUT2D eigenvalue weighted by atomic mass is 79.9. The SMILES string of the molecule is CC[C@@H](NC(=O)Nc1cc(Cl)ccc1Br)C(=O)O. The second-order valence-corrected chi connectivity index (χ2v) is 4.81. The Balaban J connectivity index is 2.70. The number of aliphatic carboxylic acids is 1. The summed E-state index contributed by atoms with van der Waals surface area (Å²) in [6, 6.07) is 3.41. The lowest BCUT2D eigenvalue weighted by atomic mass is 10.2. The molecule has 0 aliphatic rings. The number of hydrogen-bond acceptors (Lipinski definition) is 2. The number of benzene rings is 1. The monoisotopic (exact) mass is 334 g/mol. The number of hydrogen-bond donors (Lipinski definition) is 3. The third-order valence-electron chi connectivity index (χ3n) is 2.19. The summed E-state index contributed by atoms with van der Waals surface area (Å²) in [6.07, 6.45) is 0.305.